The Morgan fingerprint density at radius 2 is 1.93 bits per heavy atom. The van der Waals surface area contributed by atoms with E-state index < -0.39 is 0 Å². The quantitative estimate of drug-likeness (QED) is 0.743. The van der Waals surface area contributed by atoms with E-state index in [4.69, 9.17) is 0 Å². The van der Waals surface area contributed by atoms with Gasteiger partial charge in [-0.3, -0.25) is 0 Å². The van der Waals surface area contributed by atoms with E-state index in [2.05, 4.69) is 17.1 Å². The zero-order valence-corrected chi connectivity index (χ0v) is 9.39. The highest BCUT2D eigenvalue weighted by Gasteiger charge is 2.00. The Morgan fingerprint density at radius 1 is 1.14 bits per heavy atom. The third-order valence-electron chi connectivity index (χ3n) is 1.73. The zero-order chi connectivity index (χ0) is 9.80. The monoisotopic (exact) mass is 222 g/mol. The summed E-state index contributed by atoms with van der Waals surface area (Å²) in [6.07, 6.45) is 3.77. The fourth-order valence-corrected chi connectivity index (χ4v) is 3.04. The van der Waals surface area contributed by atoms with Crippen molar-refractivity contribution in [2.24, 2.45) is 7.05 Å². The van der Waals surface area contributed by atoms with Crippen LogP contribution in [0.5, 0.6) is 0 Å². The molecule has 2 nitrogen and oxygen atoms in total. The first kappa shape index (κ1) is 9.68. The molecule has 2 rings (SSSR count). The van der Waals surface area contributed by atoms with Gasteiger partial charge in [0.2, 0.25) is 0 Å². The lowest BCUT2D eigenvalue weighted by molar-refractivity contribution is 0.793. The summed E-state index contributed by atoms with van der Waals surface area (Å²) in [6.45, 7) is 0. The lowest BCUT2D eigenvalue weighted by atomic mass is 10.4. The van der Waals surface area contributed by atoms with Crippen LogP contribution in [0.1, 0.15) is 0 Å². The SMILES string of the molecule is Cn1ccnc1SSc1ccccc1. The highest BCUT2D eigenvalue weighted by Crippen LogP contribution is 2.35. The molecule has 4 heteroatoms. The van der Waals surface area contributed by atoms with Gasteiger partial charge in [0.05, 0.1) is 0 Å². The third kappa shape index (κ3) is 2.33. The predicted octanol–water partition coefficient (Wildman–Crippen LogP) is 3.22. The second-order valence-corrected chi connectivity index (χ2v) is 4.97. The molecule has 0 atom stereocenters. The molecule has 0 amide bonds. The van der Waals surface area contributed by atoms with Crippen molar-refractivity contribution >= 4 is 21.6 Å². The number of aryl methyl sites for hydroxylation is 1. The van der Waals surface area contributed by atoms with E-state index in [1.165, 1.54) is 4.90 Å². The maximum absolute atomic E-state index is 4.24. The van der Waals surface area contributed by atoms with Gasteiger partial charge in [-0.2, -0.15) is 0 Å². The van der Waals surface area contributed by atoms with Gasteiger partial charge in [0, 0.05) is 24.3 Å². The number of rotatable bonds is 3. The summed E-state index contributed by atoms with van der Waals surface area (Å²) in [5.41, 5.74) is 0. The Balaban J connectivity index is 1.99. The zero-order valence-electron chi connectivity index (χ0n) is 7.75. The van der Waals surface area contributed by atoms with Crippen LogP contribution < -0.4 is 0 Å². The van der Waals surface area contributed by atoms with E-state index in [9.17, 15) is 0 Å². The molecule has 1 aromatic heterocycles. The van der Waals surface area contributed by atoms with Gasteiger partial charge in [-0.1, -0.05) is 18.2 Å². The molecule has 0 aliphatic carbocycles. The lowest BCUT2D eigenvalue weighted by Gasteiger charge is -2.00. The fraction of sp³-hybridized carbons (Fsp3) is 0.100. The number of benzene rings is 1. The minimum atomic E-state index is 1.03. The summed E-state index contributed by atoms with van der Waals surface area (Å²) >= 11 is 0. The molecular formula is C10H10N2S2. The van der Waals surface area contributed by atoms with Gasteiger partial charge in [0.15, 0.2) is 5.16 Å². The van der Waals surface area contributed by atoms with Gasteiger partial charge >= 0.3 is 0 Å². The molecule has 0 radical (unpaired) electrons. The Kier molecular flexibility index (Phi) is 3.16. The molecular weight excluding hydrogens is 212 g/mol. The number of aromatic nitrogens is 2. The first-order valence-electron chi connectivity index (χ1n) is 4.23. The number of hydrogen-bond donors (Lipinski definition) is 0. The number of imidazole rings is 1. The van der Waals surface area contributed by atoms with Crippen molar-refractivity contribution < 1.29 is 0 Å². The van der Waals surface area contributed by atoms with Crippen LogP contribution in [0, 0.1) is 0 Å². The van der Waals surface area contributed by atoms with Crippen LogP contribution in [-0.4, -0.2) is 9.55 Å². The average molecular weight is 222 g/mol. The first-order valence-corrected chi connectivity index (χ1v) is 6.38. The van der Waals surface area contributed by atoms with Crippen LogP contribution in [-0.2, 0) is 7.05 Å². The molecule has 0 saturated heterocycles. The topological polar surface area (TPSA) is 17.8 Å². The van der Waals surface area contributed by atoms with Crippen LogP contribution in [0.15, 0.2) is 52.8 Å². The van der Waals surface area contributed by atoms with Crippen molar-refractivity contribution in [3.8, 4) is 0 Å². The Labute approximate surface area is 91.1 Å². The van der Waals surface area contributed by atoms with Crippen molar-refractivity contribution in [1.82, 2.24) is 9.55 Å². The highest BCUT2D eigenvalue weighted by molar-refractivity contribution is 8.76. The van der Waals surface area contributed by atoms with Crippen molar-refractivity contribution in [1.29, 1.82) is 0 Å². The average Bonchev–Trinajstić information content (AvgIpc) is 2.63. The van der Waals surface area contributed by atoms with E-state index in [-0.39, 0.29) is 0 Å². The molecule has 0 unspecified atom stereocenters. The van der Waals surface area contributed by atoms with E-state index in [1.54, 1.807) is 21.6 Å². The smallest absolute Gasteiger partial charge is 0.178 e. The van der Waals surface area contributed by atoms with Gasteiger partial charge in [-0.25, -0.2) is 4.98 Å². The summed E-state index contributed by atoms with van der Waals surface area (Å²) in [5.74, 6) is 0. The Bertz CT molecular complexity index is 398. The van der Waals surface area contributed by atoms with E-state index >= 15 is 0 Å². The largest absolute Gasteiger partial charge is 0.328 e. The summed E-state index contributed by atoms with van der Waals surface area (Å²) in [7, 11) is 5.40. The maximum atomic E-state index is 4.24. The van der Waals surface area contributed by atoms with Crippen LogP contribution in [0.2, 0.25) is 0 Å². The van der Waals surface area contributed by atoms with Crippen LogP contribution in [0.3, 0.4) is 0 Å². The van der Waals surface area contributed by atoms with Gasteiger partial charge in [0.1, 0.15) is 0 Å². The molecule has 0 aliphatic heterocycles. The van der Waals surface area contributed by atoms with Crippen molar-refractivity contribution in [3.63, 3.8) is 0 Å². The summed E-state index contributed by atoms with van der Waals surface area (Å²) in [4.78, 5) is 5.49. The van der Waals surface area contributed by atoms with Crippen LogP contribution in [0.4, 0.5) is 0 Å². The van der Waals surface area contributed by atoms with E-state index in [0.29, 0.717) is 0 Å². The lowest BCUT2D eigenvalue weighted by Crippen LogP contribution is -1.85. The standard InChI is InChI=1S/C10H10N2S2/c1-12-8-7-11-10(12)14-13-9-5-3-2-4-6-9/h2-8H,1H3. The molecule has 0 spiro atoms. The minimum Gasteiger partial charge on any atom is -0.328 e. The van der Waals surface area contributed by atoms with E-state index in [1.807, 2.05) is 42.2 Å². The molecule has 0 aliphatic rings. The van der Waals surface area contributed by atoms with Crippen LogP contribution in [0.25, 0.3) is 0 Å². The normalized spacial score (nSPS) is 10.4. The predicted molar refractivity (Wildman–Crippen MR) is 61.4 cm³/mol. The van der Waals surface area contributed by atoms with Gasteiger partial charge in [-0.05, 0) is 33.7 Å². The van der Waals surface area contributed by atoms with Crippen molar-refractivity contribution in [3.05, 3.63) is 42.7 Å². The van der Waals surface area contributed by atoms with Crippen molar-refractivity contribution in [2.75, 3.05) is 0 Å². The van der Waals surface area contributed by atoms with Gasteiger partial charge < -0.3 is 4.57 Å². The molecule has 0 bridgehead atoms. The second kappa shape index (κ2) is 4.57. The summed E-state index contributed by atoms with van der Waals surface area (Å²) in [5, 5.41) is 1.03. The molecule has 1 aromatic carbocycles. The number of hydrogen-bond acceptors (Lipinski definition) is 3. The van der Waals surface area contributed by atoms with Crippen LogP contribution >= 0.6 is 21.6 Å². The molecule has 0 saturated carbocycles. The molecule has 0 N–H and O–H groups in total. The first-order chi connectivity index (χ1) is 6.86. The Morgan fingerprint density at radius 3 is 2.57 bits per heavy atom. The third-order valence-corrected chi connectivity index (χ3v) is 4.10. The molecule has 0 fully saturated rings. The fourth-order valence-electron chi connectivity index (χ4n) is 0.994. The van der Waals surface area contributed by atoms with Gasteiger partial charge in [0.25, 0.3) is 0 Å². The second-order valence-electron chi connectivity index (χ2n) is 2.80. The Hall–Kier alpha value is -0.870. The van der Waals surface area contributed by atoms with Gasteiger partial charge in [-0.15, -0.1) is 0 Å². The molecule has 2 aromatic rings. The van der Waals surface area contributed by atoms with E-state index in [0.717, 1.165) is 5.16 Å². The van der Waals surface area contributed by atoms with Crippen molar-refractivity contribution in [2.45, 2.75) is 10.1 Å². The molecule has 72 valence electrons. The summed E-state index contributed by atoms with van der Waals surface area (Å²) in [6, 6.07) is 10.3. The molecule has 1 heterocycles. The molecule has 14 heavy (non-hydrogen) atoms. The summed E-state index contributed by atoms with van der Waals surface area (Å²) < 4.78 is 2.01. The minimum absolute atomic E-state index is 1.03. The maximum Gasteiger partial charge on any atom is 0.178 e. The number of nitrogens with zero attached hydrogens (tertiary/aromatic N) is 2. The highest BCUT2D eigenvalue weighted by atomic mass is 33.1.